The van der Waals surface area contributed by atoms with Gasteiger partial charge >= 0.3 is 0 Å². The lowest BCUT2D eigenvalue weighted by Crippen LogP contribution is -2.44. The third-order valence-electron chi connectivity index (χ3n) is 8.31. The monoisotopic (exact) mass is 600 g/mol. The molecule has 3 heterocycles. The lowest BCUT2D eigenvalue weighted by molar-refractivity contribution is -0.0949. The molecule has 4 atom stereocenters. The fourth-order valence-electron chi connectivity index (χ4n) is 5.97. The molecule has 1 fully saturated rings. The van der Waals surface area contributed by atoms with Crippen molar-refractivity contribution in [3.63, 3.8) is 0 Å². The Morgan fingerprint density at radius 2 is 1.50 bits per heavy atom. The molecule has 0 bridgehead atoms. The number of anilines is 1. The zero-order chi connectivity index (χ0) is 31.1. The Labute approximate surface area is 253 Å². The Balaban J connectivity index is 1.57. The van der Waals surface area contributed by atoms with Gasteiger partial charge in [0.25, 0.3) is 0 Å². The largest absolute Gasteiger partial charge is 0.497 e. The quantitative estimate of drug-likeness (QED) is 0.186. The van der Waals surface area contributed by atoms with Crippen LogP contribution in [0, 0.1) is 5.82 Å². The van der Waals surface area contributed by atoms with Crippen molar-refractivity contribution in [2.75, 3.05) is 26.1 Å². The predicted molar refractivity (Wildman–Crippen MR) is 161 cm³/mol. The molecular formula is C33H33FN4O6. The molecule has 0 amide bonds. The van der Waals surface area contributed by atoms with E-state index < -0.39 is 42.0 Å². The van der Waals surface area contributed by atoms with Gasteiger partial charge in [0.05, 0.1) is 26.2 Å². The van der Waals surface area contributed by atoms with Gasteiger partial charge in [-0.15, -0.1) is 0 Å². The molecule has 44 heavy (non-hydrogen) atoms. The van der Waals surface area contributed by atoms with Crippen LogP contribution in [0.3, 0.4) is 0 Å². The van der Waals surface area contributed by atoms with Crippen molar-refractivity contribution in [3.05, 3.63) is 114 Å². The van der Waals surface area contributed by atoms with Crippen LogP contribution >= 0.6 is 0 Å². The number of fused-ring (bicyclic) bond motifs is 1. The molecule has 1 unspecified atom stereocenters. The van der Waals surface area contributed by atoms with E-state index in [1.165, 1.54) is 17.8 Å². The van der Waals surface area contributed by atoms with Crippen molar-refractivity contribution in [1.29, 1.82) is 0 Å². The molecule has 10 nitrogen and oxygen atoms in total. The van der Waals surface area contributed by atoms with Crippen LogP contribution < -0.4 is 14.8 Å². The Morgan fingerprint density at radius 3 is 2.02 bits per heavy atom. The van der Waals surface area contributed by atoms with Gasteiger partial charge in [-0.2, -0.15) is 0 Å². The predicted octanol–water partition coefficient (Wildman–Crippen LogP) is 3.99. The van der Waals surface area contributed by atoms with Crippen molar-refractivity contribution in [3.8, 4) is 11.5 Å². The van der Waals surface area contributed by atoms with E-state index >= 15 is 4.39 Å². The van der Waals surface area contributed by atoms with Gasteiger partial charge in [-0.3, -0.25) is 4.57 Å². The standard InChI is InChI=1S/C33H33FN4O6/c1-32(41)28(40)26(18-39)44-31(32)38-17-25(34)27-29(35-19-36-30(27)38)37-33(20-7-5-4-6-8-20,21-9-13-23(42-2)14-10-21)22-11-15-24(43-3)16-12-22/h4-17,19,26,28,31,39-41H,18H2,1-3H3,(H,35,36,37)/t26-,28+,31-,32?/m1/s1. The molecule has 1 saturated heterocycles. The number of aromatic nitrogens is 3. The van der Waals surface area contributed by atoms with Gasteiger partial charge in [0, 0.05) is 6.20 Å². The number of hydrogen-bond donors (Lipinski definition) is 4. The molecule has 1 aliphatic rings. The fourth-order valence-corrected chi connectivity index (χ4v) is 5.97. The SMILES string of the molecule is COc1ccc(C(Nc2ncnc3c2c(F)cn3[C@@H]2O[C@H](CO)[C@H](O)C2(C)O)(c2ccccc2)c2ccc(OC)cc2)cc1. The number of rotatable bonds is 9. The van der Waals surface area contributed by atoms with Gasteiger partial charge < -0.3 is 34.8 Å². The van der Waals surface area contributed by atoms with E-state index in [0.717, 1.165) is 22.9 Å². The molecule has 1 aliphatic heterocycles. The molecule has 4 N–H and O–H groups in total. The van der Waals surface area contributed by atoms with Crippen molar-refractivity contribution in [1.82, 2.24) is 14.5 Å². The van der Waals surface area contributed by atoms with E-state index in [1.54, 1.807) is 14.2 Å². The number of hydrogen-bond acceptors (Lipinski definition) is 9. The number of halogens is 1. The first-order chi connectivity index (χ1) is 21.2. The molecule has 3 aromatic carbocycles. The number of aliphatic hydroxyl groups is 3. The van der Waals surface area contributed by atoms with Gasteiger partial charge in [-0.25, -0.2) is 14.4 Å². The number of nitrogens with zero attached hydrogens (tertiary/aromatic N) is 3. The topological polar surface area (TPSA) is 131 Å². The zero-order valence-corrected chi connectivity index (χ0v) is 24.4. The normalized spacial score (nSPS) is 21.8. The lowest BCUT2D eigenvalue weighted by atomic mass is 9.77. The molecule has 2 aromatic heterocycles. The van der Waals surface area contributed by atoms with Crippen LogP contribution in [0.2, 0.25) is 0 Å². The summed E-state index contributed by atoms with van der Waals surface area (Å²) in [4.78, 5) is 8.85. The van der Waals surface area contributed by atoms with Crippen molar-refractivity contribution >= 4 is 16.9 Å². The van der Waals surface area contributed by atoms with Crippen molar-refractivity contribution in [2.24, 2.45) is 0 Å². The number of ether oxygens (including phenoxy) is 3. The second kappa shape index (κ2) is 11.5. The highest BCUT2D eigenvalue weighted by Gasteiger charge is 2.53. The van der Waals surface area contributed by atoms with Gasteiger partial charge in [-0.05, 0) is 47.9 Å². The maximum absolute atomic E-state index is 16.0. The summed E-state index contributed by atoms with van der Waals surface area (Å²) in [5.41, 5.74) is -0.331. The molecule has 0 saturated carbocycles. The zero-order valence-electron chi connectivity index (χ0n) is 24.4. The lowest BCUT2D eigenvalue weighted by Gasteiger charge is -2.37. The third kappa shape index (κ3) is 4.74. The molecule has 228 valence electrons. The highest BCUT2D eigenvalue weighted by Crippen LogP contribution is 2.44. The van der Waals surface area contributed by atoms with Crippen LogP contribution in [0.4, 0.5) is 10.2 Å². The summed E-state index contributed by atoms with van der Waals surface area (Å²) in [6, 6.07) is 24.9. The summed E-state index contributed by atoms with van der Waals surface area (Å²) < 4.78 is 34.0. The van der Waals surface area contributed by atoms with E-state index in [9.17, 15) is 15.3 Å². The first-order valence-corrected chi connectivity index (χ1v) is 14.0. The number of aliphatic hydroxyl groups excluding tert-OH is 2. The minimum absolute atomic E-state index is 0.0520. The first kappa shape index (κ1) is 29.5. The van der Waals surface area contributed by atoms with E-state index in [0.29, 0.717) is 11.5 Å². The number of nitrogens with one attached hydrogen (secondary N) is 1. The molecule has 11 heteroatoms. The summed E-state index contributed by atoms with van der Waals surface area (Å²) in [6.07, 6.45) is -1.26. The van der Waals surface area contributed by atoms with E-state index in [-0.39, 0.29) is 16.9 Å². The van der Waals surface area contributed by atoms with Crippen LogP contribution in [0.1, 0.15) is 29.8 Å². The van der Waals surface area contributed by atoms with Crippen LogP contribution in [-0.4, -0.2) is 68.5 Å². The maximum Gasteiger partial charge on any atom is 0.167 e. The van der Waals surface area contributed by atoms with E-state index in [2.05, 4.69) is 15.3 Å². The van der Waals surface area contributed by atoms with Crippen LogP contribution in [0.15, 0.2) is 91.4 Å². The van der Waals surface area contributed by atoms with Crippen molar-refractivity contribution < 1.29 is 33.9 Å². The van der Waals surface area contributed by atoms with Gasteiger partial charge in [0.1, 0.15) is 47.0 Å². The average Bonchev–Trinajstić information content (AvgIpc) is 3.51. The average molecular weight is 601 g/mol. The van der Waals surface area contributed by atoms with Gasteiger partial charge in [-0.1, -0.05) is 54.6 Å². The summed E-state index contributed by atoms with van der Waals surface area (Å²) >= 11 is 0. The van der Waals surface area contributed by atoms with E-state index in [4.69, 9.17) is 14.2 Å². The van der Waals surface area contributed by atoms with Gasteiger partial charge in [0.2, 0.25) is 0 Å². The molecule has 0 radical (unpaired) electrons. The Kier molecular flexibility index (Phi) is 7.72. The minimum atomic E-state index is -1.84. The smallest absolute Gasteiger partial charge is 0.167 e. The summed E-state index contributed by atoms with van der Waals surface area (Å²) in [7, 11) is 3.19. The number of benzene rings is 3. The maximum atomic E-state index is 16.0. The third-order valence-corrected chi connectivity index (χ3v) is 8.31. The Morgan fingerprint density at radius 1 is 0.932 bits per heavy atom. The minimum Gasteiger partial charge on any atom is -0.497 e. The number of methoxy groups -OCH3 is 2. The Hall–Kier alpha value is -4.55. The van der Waals surface area contributed by atoms with Crippen LogP contribution in [0.25, 0.3) is 11.0 Å². The molecular weight excluding hydrogens is 567 g/mol. The fraction of sp³-hybridized carbons (Fsp3) is 0.273. The molecule has 0 spiro atoms. The highest BCUT2D eigenvalue weighted by atomic mass is 19.1. The van der Waals surface area contributed by atoms with Crippen molar-refractivity contribution in [2.45, 2.75) is 36.5 Å². The second-order valence-corrected chi connectivity index (χ2v) is 10.9. The van der Waals surface area contributed by atoms with Crippen LogP contribution in [0.5, 0.6) is 11.5 Å². The highest BCUT2D eigenvalue weighted by molar-refractivity contribution is 5.89. The van der Waals surface area contributed by atoms with Gasteiger partial charge in [0.15, 0.2) is 17.7 Å². The molecule has 5 aromatic rings. The summed E-state index contributed by atoms with van der Waals surface area (Å²) in [6.45, 7) is 0.844. The Bertz CT molecular complexity index is 1700. The first-order valence-electron chi connectivity index (χ1n) is 14.0. The summed E-state index contributed by atoms with van der Waals surface area (Å²) in [5.74, 6) is 0.851. The second-order valence-electron chi connectivity index (χ2n) is 10.9. The summed E-state index contributed by atoms with van der Waals surface area (Å²) in [5, 5.41) is 35.0. The molecule has 0 aliphatic carbocycles. The van der Waals surface area contributed by atoms with E-state index in [1.807, 2.05) is 78.9 Å². The molecule has 6 rings (SSSR count). The van der Waals surface area contributed by atoms with Crippen LogP contribution in [-0.2, 0) is 10.3 Å².